The van der Waals surface area contributed by atoms with Crippen molar-refractivity contribution in [2.75, 3.05) is 21.3 Å². The SMILES string of the molecule is COc1cc(OC)c(OC)c(-n2nncc2-c2ccc(CCC(C)C)cc2)c1. The van der Waals surface area contributed by atoms with E-state index in [9.17, 15) is 0 Å². The van der Waals surface area contributed by atoms with Crippen LogP contribution in [-0.2, 0) is 6.42 Å². The van der Waals surface area contributed by atoms with Crippen molar-refractivity contribution in [2.24, 2.45) is 5.92 Å². The first-order valence-corrected chi connectivity index (χ1v) is 9.37. The molecule has 0 bridgehead atoms. The Morgan fingerprint density at radius 1 is 0.964 bits per heavy atom. The zero-order valence-corrected chi connectivity index (χ0v) is 17.1. The summed E-state index contributed by atoms with van der Waals surface area (Å²) < 4.78 is 18.2. The second kappa shape index (κ2) is 8.78. The highest BCUT2D eigenvalue weighted by molar-refractivity contribution is 5.66. The summed E-state index contributed by atoms with van der Waals surface area (Å²) in [6.45, 7) is 4.49. The van der Waals surface area contributed by atoms with Gasteiger partial charge in [0.25, 0.3) is 0 Å². The molecule has 0 saturated heterocycles. The van der Waals surface area contributed by atoms with Crippen LogP contribution >= 0.6 is 0 Å². The fourth-order valence-electron chi connectivity index (χ4n) is 3.10. The van der Waals surface area contributed by atoms with Gasteiger partial charge in [-0.2, -0.15) is 0 Å². The molecule has 0 aliphatic heterocycles. The summed E-state index contributed by atoms with van der Waals surface area (Å²) in [5.74, 6) is 2.49. The van der Waals surface area contributed by atoms with E-state index < -0.39 is 0 Å². The molecule has 0 fully saturated rings. The third-order valence-corrected chi connectivity index (χ3v) is 4.71. The maximum atomic E-state index is 5.59. The second-order valence-corrected chi connectivity index (χ2v) is 7.04. The molecule has 0 unspecified atom stereocenters. The lowest BCUT2D eigenvalue weighted by Gasteiger charge is -2.16. The maximum Gasteiger partial charge on any atom is 0.186 e. The molecule has 0 saturated carbocycles. The van der Waals surface area contributed by atoms with E-state index in [1.165, 1.54) is 12.0 Å². The summed E-state index contributed by atoms with van der Waals surface area (Å²) in [5.41, 5.74) is 3.93. The number of hydrogen-bond acceptors (Lipinski definition) is 5. The quantitative estimate of drug-likeness (QED) is 0.573. The fourth-order valence-corrected chi connectivity index (χ4v) is 3.10. The summed E-state index contributed by atoms with van der Waals surface area (Å²) in [4.78, 5) is 0. The number of benzene rings is 2. The van der Waals surface area contributed by atoms with Crippen molar-refractivity contribution in [1.82, 2.24) is 15.0 Å². The van der Waals surface area contributed by atoms with Crippen LogP contribution in [-0.4, -0.2) is 36.3 Å². The number of aryl methyl sites for hydroxylation is 1. The Morgan fingerprint density at radius 2 is 1.71 bits per heavy atom. The zero-order valence-electron chi connectivity index (χ0n) is 17.1. The molecule has 0 atom stereocenters. The van der Waals surface area contributed by atoms with Gasteiger partial charge in [-0.1, -0.05) is 43.3 Å². The van der Waals surface area contributed by atoms with Gasteiger partial charge in [0.1, 0.15) is 11.4 Å². The van der Waals surface area contributed by atoms with Gasteiger partial charge in [-0.25, -0.2) is 4.68 Å². The molecular formula is C22H27N3O3. The maximum absolute atomic E-state index is 5.59. The minimum Gasteiger partial charge on any atom is -0.497 e. The van der Waals surface area contributed by atoms with Crippen LogP contribution in [0.4, 0.5) is 0 Å². The molecule has 0 aliphatic carbocycles. The average molecular weight is 381 g/mol. The van der Waals surface area contributed by atoms with E-state index in [1.807, 2.05) is 6.07 Å². The number of hydrogen-bond donors (Lipinski definition) is 0. The topological polar surface area (TPSA) is 58.4 Å². The molecule has 3 aromatic rings. The van der Waals surface area contributed by atoms with Gasteiger partial charge in [0.05, 0.1) is 33.2 Å². The van der Waals surface area contributed by atoms with Crippen molar-refractivity contribution >= 4 is 0 Å². The molecule has 0 spiro atoms. The molecule has 1 aromatic heterocycles. The number of aromatic nitrogens is 3. The smallest absolute Gasteiger partial charge is 0.186 e. The summed E-state index contributed by atoms with van der Waals surface area (Å²) >= 11 is 0. The average Bonchev–Trinajstić information content (AvgIpc) is 3.21. The van der Waals surface area contributed by atoms with Crippen LogP contribution in [0.15, 0.2) is 42.6 Å². The Balaban J connectivity index is 2.01. The molecule has 2 aromatic carbocycles. The van der Waals surface area contributed by atoms with Gasteiger partial charge >= 0.3 is 0 Å². The Bertz CT molecular complexity index is 917. The first-order valence-electron chi connectivity index (χ1n) is 9.37. The van der Waals surface area contributed by atoms with Gasteiger partial charge in [0.15, 0.2) is 11.5 Å². The zero-order chi connectivity index (χ0) is 20.1. The van der Waals surface area contributed by atoms with E-state index in [4.69, 9.17) is 14.2 Å². The van der Waals surface area contributed by atoms with Crippen LogP contribution in [0.2, 0.25) is 0 Å². The number of methoxy groups -OCH3 is 3. The molecule has 0 N–H and O–H groups in total. The molecule has 1 heterocycles. The summed E-state index contributed by atoms with van der Waals surface area (Å²) in [6.07, 6.45) is 4.00. The minimum atomic E-state index is 0.572. The van der Waals surface area contributed by atoms with Crippen LogP contribution in [0.3, 0.4) is 0 Å². The first kappa shape index (κ1) is 19.7. The fraction of sp³-hybridized carbons (Fsp3) is 0.364. The van der Waals surface area contributed by atoms with Crippen LogP contribution in [0.25, 0.3) is 16.9 Å². The molecule has 0 aliphatic rings. The van der Waals surface area contributed by atoms with Gasteiger partial charge in [-0.05, 0) is 24.3 Å². The molecule has 0 radical (unpaired) electrons. The normalized spacial score (nSPS) is 10.9. The molecule has 6 heteroatoms. The standard InChI is InChI=1S/C22H27N3O3/c1-15(2)6-7-16-8-10-17(11-9-16)20-14-23-24-25(20)19-12-18(26-3)13-21(27-4)22(19)28-5/h8-15H,6-7H2,1-5H3. The van der Waals surface area contributed by atoms with Crippen molar-refractivity contribution in [3.63, 3.8) is 0 Å². The van der Waals surface area contributed by atoms with Crippen LogP contribution in [0.5, 0.6) is 17.2 Å². The van der Waals surface area contributed by atoms with E-state index in [-0.39, 0.29) is 0 Å². The van der Waals surface area contributed by atoms with E-state index >= 15 is 0 Å². The van der Waals surface area contributed by atoms with Gasteiger partial charge in [-0.15, -0.1) is 5.10 Å². The second-order valence-electron chi connectivity index (χ2n) is 7.04. The lowest BCUT2D eigenvalue weighted by atomic mass is 10.0. The summed E-state index contributed by atoms with van der Waals surface area (Å²) in [5, 5.41) is 8.40. The van der Waals surface area contributed by atoms with Crippen molar-refractivity contribution in [3.8, 4) is 34.2 Å². The number of rotatable bonds is 8. The third-order valence-electron chi connectivity index (χ3n) is 4.71. The van der Waals surface area contributed by atoms with Gasteiger partial charge in [0, 0.05) is 17.7 Å². The van der Waals surface area contributed by atoms with Crippen LogP contribution in [0.1, 0.15) is 25.8 Å². The molecule has 0 amide bonds. The highest BCUT2D eigenvalue weighted by Crippen LogP contribution is 2.39. The molecular weight excluding hydrogens is 354 g/mol. The van der Waals surface area contributed by atoms with Gasteiger partial charge in [-0.3, -0.25) is 0 Å². The predicted molar refractivity (Wildman–Crippen MR) is 110 cm³/mol. The van der Waals surface area contributed by atoms with E-state index in [1.54, 1.807) is 38.3 Å². The largest absolute Gasteiger partial charge is 0.497 e. The first-order chi connectivity index (χ1) is 13.6. The highest BCUT2D eigenvalue weighted by atomic mass is 16.5. The van der Waals surface area contributed by atoms with Gasteiger partial charge < -0.3 is 14.2 Å². The van der Waals surface area contributed by atoms with Crippen LogP contribution < -0.4 is 14.2 Å². The Labute approximate surface area is 166 Å². The van der Waals surface area contributed by atoms with E-state index in [0.717, 1.165) is 17.7 Å². The Kier molecular flexibility index (Phi) is 6.19. The molecule has 148 valence electrons. The van der Waals surface area contributed by atoms with Crippen molar-refractivity contribution in [3.05, 3.63) is 48.2 Å². The molecule has 6 nitrogen and oxygen atoms in total. The Morgan fingerprint density at radius 3 is 2.32 bits per heavy atom. The molecule has 3 rings (SSSR count). The number of nitrogens with zero attached hydrogens (tertiary/aromatic N) is 3. The van der Waals surface area contributed by atoms with E-state index in [2.05, 4.69) is 48.4 Å². The lowest BCUT2D eigenvalue weighted by Crippen LogP contribution is -2.04. The van der Waals surface area contributed by atoms with Crippen molar-refractivity contribution in [2.45, 2.75) is 26.7 Å². The summed E-state index contributed by atoms with van der Waals surface area (Å²) in [6, 6.07) is 12.2. The predicted octanol–water partition coefficient (Wildman–Crippen LogP) is 4.55. The third kappa shape index (κ3) is 4.11. The highest BCUT2D eigenvalue weighted by Gasteiger charge is 2.18. The van der Waals surface area contributed by atoms with Crippen molar-refractivity contribution < 1.29 is 14.2 Å². The summed E-state index contributed by atoms with van der Waals surface area (Å²) in [7, 11) is 4.82. The number of ether oxygens (including phenoxy) is 3. The minimum absolute atomic E-state index is 0.572. The van der Waals surface area contributed by atoms with Crippen molar-refractivity contribution in [1.29, 1.82) is 0 Å². The van der Waals surface area contributed by atoms with Crippen LogP contribution in [0, 0.1) is 5.92 Å². The Hall–Kier alpha value is -3.02. The molecule has 28 heavy (non-hydrogen) atoms. The lowest BCUT2D eigenvalue weighted by molar-refractivity contribution is 0.347. The van der Waals surface area contributed by atoms with Gasteiger partial charge in [0.2, 0.25) is 0 Å². The monoisotopic (exact) mass is 381 g/mol. The van der Waals surface area contributed by atoms with E-state index in [0.29, 0.717) is 28.9 Å².